The first-order valence-electron chi connectivity index (χ1n) is 9.95. The van der Waals surface area contributed by atoms with Crippen molar-refractivity contribution in [2.24, 2.45) is 0 Å². The topological polar surface area (TPSA) is 58.6 Å². The number of hydrogen-bond acceptors (Lipinski definition) is 3. The van der Waals surface area contributed by atoms with E-state index < -0.39 is 6.10 Å². The molecule has 1 aliphatic rings. The Balaban J connectivity index is 1.79. The smallest absolute Gasteiger partial charge is 0.264 e. The van der Waals surface area contributed by atoms with Gasteiger partial charge in [-0.05, 0) is 43.5 Å². The van der Waals surface area contributed by atoms with E-state index in [4.69, 9.17) is 4.74 Å². The van der Waals surface area contributed by atoms with E-state index >= 15 is 0 Å². The zero-order chi connectivity index (χ0) is 20.1. The zero-order valence-electron chi connectivity index (χ0n) is 16.8. The summed E-state index contributed by atoms with van der Waals surface area (Å²) in [5, 5.41) is 2.96. The molecular formula is C23H28N2O3. The molecule has 0 bridgehead atoms. The highest BCUT2D eigenvalue weighted by atomic mass is 16.5. The van der Waals surface area contributed by atoms with Crippen LogP contribution < -0.4 is 10.1 Å². The molecular weight excluding hydrogens is 352 g/mol. The molecule has 1 heterocycles. The van der Waals surface area contributed by atoms with E-state index in [1.165, 1.54) is 0 Å². The molecule has 5 heteroatoms. The minimum absolute atomic E-state index is 0.0303. The lowest BCUT2D eigenvalue weighted by Crippen LogP contribution is -2.43. The third kappa shape index (κ3) is 4.53. The van der Waals surface area contributed by atoms with Crippen molar-refractivity contribution in [3.05, 3.63) is 59.7 Å². The second-order valence-corrected chi connectivity index (χ2v) is 7.27. The molecule has 0 spiro atoms. The van der Waals surface area contributed by atoms with Gasteiger partial charge in [0.15, 0.2) is 6.10 Å². The Hall–Kier alpha value is -2.82. The molecule has 28 heavy (non-hydrogen) atoms. The molecule has 5 nitrogen and oxygen atoms in total. The molecule has 0 aliphatic carbocycles. The number of nitrogens with one attached hydrogen (secondary N) is 1. The molecule has 2 aromatic carbocycles. The maximum Gasteiger partial charge on any atom is 0.264 e. The predicted molar refractivity (Wildman–Crippen MR) is 110 cm³/mol. The molecule has 2 aromatic rings. The van der Waals surface area contributed by atoms with E-state index in [9.17, 15) is 9.59 Å². The standard InChI is InChI=1S/C23H28N2O3/c1-4-16(3)25-15-18-14-19(11-12-21(18)28-20(5-2)23(25)27)24-22(26)13-17-9-7-6-8-10-17/h6-12,14,16,20H,4-5,13,15H2,1-3H3,(H,24,26)/t16-,20+/m0/s1. The van der Waals surface area contributed by atoms with Gasteiger partial charge in [-0.2, -0.15) is 0 Å². The summed E-state index contributed by atoms with van der Waals surface area (Å²) in [5.74, 6) is 0.678. The summed E-state index contributed by atoms with van der Waals surface area (Å²) >= 11 is 0. The molecule has 2 atom stereocenters. The van der Waals surface area contributed by atoms with Crippen LogP contribution in [0.15, 0.2) is 48.5 Å². The average Bonchev–Trinajstić information content (AvgIpc) is 2.84. The highest BCUT2D eigenvalue weighted by Crippen LogP contribution is 2.30. The molecule has 1 aliphatic heterocycles. The first-order chi connectivity index (χ1) is 13.5. The van der Waals surface area contributed by atoms with Crippen LogP contribution in [0.3, 0.4) is 0 Å². The largest absolute Gasteiger partial charge is 0.480 e. The van der Waals surface area contributed by atoms with Crippen molar-refractivity contribution in [3.63, 3.8) is 0 Å². The van der Waals surface area contributed by atoms with Gasteiger partial charge in [0, 0.05) is 23.8 Å². The Morgan fingerprint density at radius 2 is 1.96 bits per heavy atom. The van der Waals surface area contributed by atoms with Crippen molar-refractivity contribution >= 4 is 17.5 Å². The van der Waals surface area contributed by atoms with E-state index in [2.05, 4.69) is 19.2 Å². The van der Waals surface area contributed by atoms with Gasteiger partial charge in [-0.1, -0.05) is 44.2 Å². The number of rotatable bonds is 6. The Morgan fingerprint density at radius 1 is 1.21 bits per heavy atom. The molecule has 0 saturated heterocycles. The summed E-state index contributed by atoms with van der Waals surface area (Å²) in [6.07, 6.45) is 1.36. The van der Waals surface area contributed by atoms with Gasteiger partial charge < -0.3 is 15.0 Å². The highest BCUT2D eigenvalue weighted by Gasteiger charge is 2.32. The Bertz CT molecular complexity index is 835. The number of fused-ring (bicyclic) bond motifs is 1. The van der Waals surface area contributed by atoms with Crippen molar-refractivity contribution in [2.75, 3.05) is 5.32 Å². The van der Waals surface area contributed by atoms with Gasteiger partial charge in [-0.3, -0.25) is 9.59 Å². The number of carbonyl (C=O) groups excluding carboxylic acids is 2. The Kier molecular flexibility index (Phi) is 6.34. The number of carbonyl (C=O) groups is 2. The molecule has 2 amide bonds. The maximum atomic E-state index is 12.8. The van der Waals surface area contributed by atoms with Crippen LogP contribution in [0, 0.1) is 0 Å². The second-order valence-electron chi connectivity index (χ2n) is 7.27. The Labute approximate surface area is 166 Å². The lowest BCUT2D eigenvalue weighted by Gasteiger charge is -2.28. The Morgan fingerprint density at radius 3 is 2.64 bits per heavy atom. The minimum atomic E-state index is -0.464. The van der Waals surface area contributed by atoms with Crippen LogP contribution in [0.4, 0.5) is 5.69 Å². The van der Waals surface area contributed by atoms with Crippen molar-refractivity contribution < 1.29 is 14.3 Å². The second kappa shape index (κ2) is 8.91. The van der Waals surface area contributed by atoms with Crippen molar-refractivity contribution in [2.45, 2.75) is 58.7 Å². The summed E-state index contributed by atoms with van der Waals surface area (Å²) < 4.78 is 5.99. The normalized spacial score (nSPS) is 17.3. The minimum Gasteiger partial charge on any atom is -0.480 e. The summed E-state index contributed by atoms with van der Waals surface area (Å²) in [7, 11) is 0. The molecule has 0 aromatic heterocycles. The number of nitrogens with zero attached hydrogens (tertiary/aromatic N) is 1. The molecule has 148 valence electrons. The van der Waals surface area contributed by atoms with Crippen LogP contribution >= 0.6 is 0 Å². The summed E-state index contributed by atoms with van der Waals surface area (Å²) in [5.41, 5.74) is 2.61. The third-order valence-electron chi connectivity index (χ3n) is 5.21. The van der Waals surface area contributed by atoms with E-state index in [0.29, 0.717) is 25.1 Å². The molecule has 3 rings (SSSR count). The van der Waals surface area contributed by atoms with E-state index in [1.54, 1.807) is 0 Å². The molecule has 0 saturated carbocycles. The highest BCUT2D eigenvalue weighted by molar-refractivity contribution is 5.92. The van der Waals surface area contributed by atoms with Crippen LogP contribution in [0.2, 0.25) is 0 Å². The SMILES string of the molecule is CC[C@H]1Oc2ccc(NC(=O)Cc3ccccc3)cc2CN([C@@H](C)CC)C1=O. The van der Waals surface area contributed by atoms with E-state index in [1.807, 2.05) is 60.4 Å². The number of hydrogen-bond donors (Lipinski definition) is 1. The number of amides is 2. The predicted octanol–water partition coefficient (Wildman–Crippen LogP) is 4.17. The van der Waals surface area contributed by atoms with Crippen LogP contribution in [0.25, 0.3) is 0 Å². The van der Waals surface area contributed by atoms with Crippen LogP contribution in [-0.4, -0.2) is 28.9 Å². The summed E-state index contributed by atoms with van der Waals surface area (Å²) in [6.45, 7) is 6.58. The van der Waals surface area contributed by atoms with Gasteiger partial charge >= 0.3 is 0 Å². The van der Waals surface area contributed by atoms with Crippen LogP contribution in [0.1, 0.15) is 44.7 Å². The lowest BCUT2D eigenvalue weighted by molar-refractivity contribution is -0.140. The number of ether oxygens (including phenoxy) is 1. The van der Waals surface area contributed by atoms with Crippen LogP contribution in [-0.2, 0) is 22.6 Å². The maximum absolute atomic E-state index is 12.8. The van der Waals surface area contributed by atoms with Gasteiger partial charge in [0.25, 0.3) is 5.91 Å². The quantitative estimate of drug-likeness (QED) is 0.818. The fourth-order valence-electron chi connectivity index (χ4n) is 3.38. The summed E-state index contributed by atoms with van der Waals surface area (Å²) in [6, 6.07) is 15.4. The van der Waals surface area contributed by atoms with E-state index in [0.717, 1.165) is 23.2 Å². The van der Waals surface area contributed by atoms with Gasteiger partial charge in [0.1, 0.15) is 5.75 Å². The van der Waals surface area contributed by atoms with Crippen LogP contribution in [0.5, 0.6) is 5.75 Å². The summed E-state index contributed by atoms with van der Waals surface area (Å²) in [4.78, 5) is 27.1. The first kappa shape index (κ1) is 19.9. The zero-order valence-corrected chi connectivity index (χ0v) is 16.8. The van der Waals surface area contributed by atoms with Gasteiger partial charge in [-0.15, -0.1) is 0 Å². The lowest BCUT2D eigenvalue weighted by atomic mass is 10.1. The number of benzene rings is 2. The van der Waals surface area contributed by atoms with Crippen molar-refractivity contribution in [1.82, 2.24) is 4.90 Å². The van der Waals surface area contributed by atoms with Crippen molar-refractivity contribution in [3.8, 4) is 5.75 Å². The van der Waals surface area contributed by atoms with Crippen molar-refractivity contribution in [1.29, 1.82) is 0 Å². The molecule has 0 unspecified atom stereocenters. The van der Waals surface area contributed by atoms with Gasteiger partial charge in [0.05, 0.1) is 6.42 Å². The van der Waals surface area contributed by atoms with Gasteiger partial charge in [-0.25, -0.2) is 0 Å². The average molecular weight is 380 g/mol. The van der Waals surface area contributed by atoms with E-state index in [-0.39, 0.29) is 17.9 Å². The first-order valence-corrected chi connectivity index (χ1v) is 9.95. The van der Waals surface area contributed by atoms with Gasteiger partial charge in [0.2, 0.25) is 5.91 Å². The monoisotopic (exact) mass is 380 g/mol. The molecule has 1 N–H and O–H groups in total. The third-order valence-corrected chi connectivity index (χ3v) is 5.21. The molecule has 0 fully saturated rings. The molecule has 0 radical (unpaired) electrons. The fraction of sp³-hybridized carbons (Fsp3) is 0.391. The fourth-order valence-corrected chi connectivity index (χ4v) is 3.38. The number of anilines is 1.